The van der Waals surface area contributed by atoms with Crippen LogP contribution in [0.5, 0.6) is 11.5 Å². The molecule has 5 aromatic rings. The highest BCUT2D eigenvalue weighted by Gasteiger charge is 2.26. The molecule has 1 aromatic carbocycles. The lowest BCUT2D eigenvalue weighted by molar-refractivity contribution is 0.101. The van der Waals surface area contributed by atoms with Crippen molar-refractivity contribution in [2.45, 2.75) is 73.6 Å². The van der Waals surface area contributed by atoms with E-state index in [9.17, 15) is 4.79 Å². The van der Waals surface area contributed by atoms with Crippen LogP contribution in [-0.2, 0) is 0 Å². The maximum absolute atomic E-state index is 15.2. The Bertz CT molecular complexity index is 1550. The lowest BCUT2D eigenvalue weighted by Gasteiger charge is -2.09. The smallest absolute Gasteiger partial charge is 0.172 e. The number of hydrogen-bond donors (Lipinski definition) is 0. The lowest BCUT2D eigenvalue weighted by Crippen LogP contribution is -1.95. The van der Waals surface area contributed by atoms with Crippen LogP contribution in [0.25, 0.3) is 40.0 Å². The number of unbranched alkanes of at least 4 members (excludes halogenated alkanes) is 1. The molecule has 0 atom stereocenters. The monoisotopic (exact) mass is 604 g/mol. The van der Waals surface area contributed by atoms with Crippen molar-refractivity contribution in [2.75, 3.05) is 14.2 Å². The van der Waals surface area contributed by atoms with Gasteiger partial charge < -0.3 is 9.47 Å². The first kappa shape index (κ1) is 30.0. The van der Waals surface area contributed by atoms with Crippen LogP contribution in [0, 0.1) is 25.6 Å². The van der Waals surface area contributed by atoms with Crippen molar-refractivity contribution >= 4 is 81.4 Å². The van der Waals surface area contributed by atoms with Gasteiger partial charge in [-0.15, -0.1) is 45.3 Å². The Labute approximate surface area is 246 Å². The fourth-order valence-corrected chi connectivity index (χ4v) is 9.72. The number of carbonyl (C=O) groups excluding carboxylic acids is 1. The van der Waals surface area contributed by atoms with Gasteiger partial charge in [-0.1, -0.05) is 52.9 Å². The van der Waals surface area contributed by atoms with Crippen molar-refractivity contribution in [3.05, 3.63) is 32.6 Å². The SMILES string of the molecule is CCCCC(CC)CC.COc1c2cc(-c3sc(C)c4sc(C(C)=O)c(F)c34)sc2c(OC)c2cc(C)sc12. The molecule has 39 heavy (non-hydrogen) atoms. The molecule has 0 amide bonds. The molecule has 0 radical (unpaired) electrons. The molecule has 0 unspecified atom stereocenters. The molecule has 210 valence electrons. The summed E-state index contributed by atoms with van der Waals surface area (Å²) in [6, 6.07) is 4.18. The van der Waals surface area contributed by atoms with Crippen LogP contribution in [0.1, 0.15) is 79.2 Å². The van der Waals surface area contributed by atoms with Gasteiger partial charge in [0.2, 0.25) is 0 Å². The number of rotatable bonds is 9. The molecule has 5 rings (SSSR count). The van der Waals surface area contributed by atoms with Crippen LogP contribution in [-0.4, -0.2) is 20.0 Å². The van der Waals surface area contributed by atoms with E-state index in [1.807, 2.05) is 6.92 Å². The summed E-state index contributed by atoms with van der Waals surface area (Å²) in [4.78, 5) is 16.1. The first-order valence-electron chi connectivity index (χ1n) is 13.5. The molecule has 3 nitrogen and oxygen atoms in total. The quantitative estimate of drug-likeness (QED) is 0.157. The maximum atomic E-state index is 15.2. The molecule has 0 aliphatic carbocycles. The molecule has 0 bridgehead atoms. The highest BCUT2D eigenvalue weighted by atomic mass is 32.1. The molecule has 0 saturated heterocycles. The number of ketones is 1. The highest BCUT2D eigenvalue weighted by Crippen LogP contribution is 2.53. The zero-order chi connectivity index (χ0) is 28.4. The van der Waals surface area contributed by atoms with Crippen molar-refractivity contribution in [1.29, 1.82) is 0 Å². The van der Waals surface area contributed by atoms with Gasteiger partial charge in [0.05, 0.1) is 33.2 Å². The van der Waals surface area contributed by atoms with E-state index >= 15 is 4.39 Å². The van der Waals surface area contributed by atoms with Crippen LogP contribution in [0.15, 0.2) is 12.1 Å². The molecular weight excluding hydrogens is 568 g/mol. The molecule has 4 aromatic heterocycles. The van der Waals surface area contributed by atoms with Crippen LogP contribution in [0.2, 0.25) is 0 Å². The molecule has 4 heterocycles. The van der Waals surface area contributed by atoms with Gasteiger partial charge in [0.15, 0.2) is 11.6 Å². The minimum Gasteiger partial charge on any atom is -0.495 e. The number of fused-ring (bicyclic) bond motifs is 3. The predicted molar refractivity (Wildman–Crippen MR) is 172 cm³/mol. The van der Waals surface area contributed by atoms with Gasteiger partial charge >= 0.3 is 0 Å². The zero-order valence-electron chi connectivity index (χ0n) is 24.0. The Hall–Kier alpha value is -2.00. The average Bonchev–Trinajstić information content (AvgIpc) is 3.67. The first-order chi connectivity index (χ1) is 18.7. The third-order valence-corrected chi connectivity index (χ3v) is 12.2. The highest BCUT2D eigenvalue weighted by molar-refractivity contribution is 7.30. The van der Waals surface area contributed by atoms with Crippen LogP contribution in [0.3, 0.4) is 0 Å². The van der Waals surface area contributed by atoms with Crippen molar-refractivity contribution in [3.8, 4) is 21.3 Å². The standard InChI is InChI=1S/C22H17FO3S4.C9H20/c1-8-6-11-16(25-4)21-12(17(26-5)20(11)27-8)7-13(29-21)22-14-15(23)18(9(2)24)30-19(14)10(3)28-22;1-4-7-8-9(5-2)6-3/h6-7H,1-5H3;9H,4-8H2,1-3H3. The number of benzene rings is 1. The van der Waals surface area contributed by atoms with Crippen LogP contribution < -0.4 is 9.47 Å². The van der Waals surface area contributed by atoms with Crippen molar-refractivity contribution < 1.29 is 18.7 Å². The second kappa shape index (κ2) is 12.7. The molecule has 0 saturated carbocycles. The summed E-state index contributed by atoms with van der Waals surface area (Å²) in [5.74, 6) is 2.00. The topological polar surface area (TPSA) is 35.5 Å². The Morgan fingerprint density at radius 1 is 0.897 bits per heavy atom. The van der Waals surface area contributed by atoms with Gasteiger partial charge in [-0.2, -0.15) is 0 Å². The number of aryl methyl sites for hydroxylation is 2. The van der Waals surface area contributed by atoms with E-state index in [0.29, 0.717) is 5.39 Å². The van der Waals surface area contributed by atoms with E-state index in [1.54, 1.807) is 48.2 Å². The Morgan fingerprint density at radius 2 is 1.51 bits per heavy atom. The third kappa shape index (κ3) is 5.63. The Balaban J connectivity index is 0.000000340. The van der Waals surface area contributed by atoms with Gasteiger partial charge in [-0.3, -0.25) is 4.79 Å². The fourth-order valence-electron chi connectivity index (χ4n) is 5.04. The number of ether oxygens (including phenoxy) is 2. The first-order valence-corrected chi connectivity index (χ1v) is 16.8. The van der Waals surface area contributed by atoms with Crippen molar-refractivity contribution in [3.63, 3.8) is 0 Å². The van der Waals surface area contributed by atoms with E-state index in [2.05, 4.69) is 39.8 Å². The lowest BCUT2D eigenvalue weighted by atomic mass is 9.97. The average molecular weight is 605 g/mol. The van der Waals surface area contributed by atoms with Gasteiger partial charge in [-0.25, -0.2) is 4.39 Å². The van der Waals surface area contributed by atoms with Gasteiger partial charge in [0, 0.05) is 37.7 Å². The predicted octanol–water partition coefficient (Wildman–Crippen LogP) is 11.6. The molecule has 0 spiro atoms. The van der Waals surface area contributed by atoms with E-state index < -0.39 is 5.82 Å². The number of Topliss-reactive ketones (excluding diaryl/α,β-unsaturated/α-hetero) is 1. The Morgan fingerprint density at radius 3 is 2.08 bits per heavy atom. The van der Waals surface area contributed by atoms with E-state index in [-0.39, 0.29) is 10.7 Å². The molecule has 0 N–H and O–H groups in total. The number of hydrogen-bond acceptors (Lipinski definition) is 7. The maximum Gasteiger partial charge on any atom is 0.172 e. The largest absolute Gasteiger partial charge is 0.495 e. The summed E-state index contributed by atoms with van der Waals surface area (Å²) >= 11 is 6.06. The van der Waals surface area contributed by atoms with Crippen LogP contribution >= 0.6 is 45.3 Å². The van der Waals surface area contributed by atoms with Crippen molar-refractivity contribution in [1.82, 2.24) is 0 Å². The van der Waals surface area contributed by atoms with E-state index in [0.717, 1.165) is 56.9 Å². The summed E-state index contributed by atoms with van der Waals surface area (Å²) in [5.41, 5.74) is 0. The molecule has 8 heteroatoms. The number of thiophene rings is 4. The summed E-state index contributed by atoms with van der Waals surface area (Å²) in [6.07, 6.45) is 6.97. The third-order valence-electron chi connectivity index (χ3n) is 7.21. The number of methoxy groups -OCH3 is 2. The number of halogens is 1. The summed E-state index contributed by atoms with van der Waals surface area (Å²) in [7, 11) is 3.36. The Kier molecular flexibility index (Phi) is 9.74. The van der Waals surface area contributed by atoms with Gasteiger partial charge in [-0.05, 0) is 31.9 Å². The van der Waals surface area contributed by atoms with Crippen LogP contribution in [0.4, 0.5) is 4.39 Å². The minimum absolute atomic E-state index is 0.199. The van der Waals surface area contributed by atoms with Crippen molar-refractivity contribution in [2.24, 2.45) is 5.92 Å². The normalized spacial score (nSPS) is 11.5. The second-order valence-electron chi connectivity index (χ2n) is 9.84. The molecule has 0 aliphatic heterocycles. The molecule has 0 fully saturated rings. The van der Waals surface area contributed by atoms with Gasteiger partial charge in [0.25, 0.3) is 0 Å². The van der Waals surface area contributed by atoms with E-state index in [1.165, 1.54) is 55.2 Å². The molecular formula is C31H37FO3S4. The minimum atomic E-state index is -0.408. The summed E-state index contributed by atoms with van der Waals surface area (Å²) < 4.78 is 29.7. The number of carbonyl (C=O) groups is 1. The van der Waals surface area contributed by atoms with E-state index in [4.69, 9.17) is 9.47 Å². The fraction of sp³-hybridized carbons (Fsp3) is 0.452. The molecule has 0 aliphatic rings. The summed E-state index contributed by atoms with van der Waals surface area (Å²) in [5, 5.41) is 2.55. The second-order valence-corrected chi connectivity index (χ2v) is 14.4. The van der Waals surface area contributed by atoms with Gasteiger partial charge in [0.1, 0.15) is 16.4 Å². The summed E-state index contributed by atoms with van der Waals surface area (Å²) in [6.45, 7) is 12.3. The zero-order valence-corrected chi connectivity index (χ0v) is 27.3.